The molecule has 3 aromatic carbocycles. The van der Waals surface area contributed by atoms with E-state index in [1.54, 1.807) is 19.2 Å². The van der Waals surface area contributed by atoms with Gasteiger partial charge in [-0.25, -0.2) is 0 Å². The van der Waals surface area contributed by atoms with Crippen molar-refractivity contribution >= 4 is 0 Å². The normalized spacial score (nSPS) is 23.3. The van der Waals surface area contributed by atoms with E-state index in [1.165, 1.54) is 44.8 Å². The van der Waals surface area contributed by atoms with Crippen molar-refractivity contribution in [1.29, 1.82) is 0 Å². The quantitative estimate of drug-likeness (QED) is 0.0764. The van der Waals surface area contributed by atoms with Crippen LogP contribution in [0.5, 0.6) is 23.0 Å². The summed E-state index contributed by atoms with van der Waals surface area (Å²) in [4.78, 5) is 0. The molecular formula is C42H59N2O8+. The van der Waals surface area contributed by atoms with Crippen LogP contribution >= 0.6 is 0 Å². The topological polar surface area (TPSA) is 130 Å². The molecule has 284 valence electrons. The molecule has 10 heteroatoms. The van der Waals surface area contributed by atoms with Crippen molar-refractivity contribution in [3.8, 4) is 23.0 Å². The molecule has 5 N–H and O–H groups in total. The molecule has 10 nitrogen and oxygen atoms in total. The van der Waals surface area contributed by atoms with Crippen molar-refractivity contribution < 1.29 is 43.9 Å². The van der Waals surface area contributed by atoms with Gasteiger partial charge in [-0.3, -0.25) is 0 Å². The highest BCUT2D eigenvalue weighted by atomic mass is 16.5. The van der Waals surface area contributed by atoms with Gasteiger partial charge in [-0.15, -0.1) is 0 Å². The summed E-state index contributed by atoms with van der Waals surface area (Å²) in [6, 6.07) is 20.6. The number of benzene rings is 3. The first-order valence-electron chi connectivity index (χ1n) is 19.3. The maximum atomic E-state index is 12.0. The van der Waals surface area contributed by atoms with Gasteiger partial charge in [-0.2, -0.15) is 0 Å². The third-order valence-electron chi connectivity index (χ3n) is 11.8. The number of piperidine rings is 3. The molecule has 0 spiro atoms. The number of hydrogen-bond donors (Lipinski definition) is 5. The maximum absolute atomic E-state index is 12.0. The Labute approximate surface area is 308 Å². The number of quaternary nitrogens is 1. The summed E-state index contributed by atoms with van der Waals surface area (Å²) in [7, 11) is 1.63. The van der Waals surface area contributed by atoms with Crippen LogP contribution in [0.2, 0.25) is 0 Å². The molecule has 52 heavy (non-hydrogen) atoms. The molecule has 3 atom stereocenters. The second kappa shape index (κ2) is 18.1. The average Bonchev–Trinajstić information content (AvgIpc) is 3.74. The Hall–Kier alpha value is -3.38. The summed E-state index contributed by atoms with van der Waals surface area (Å²) >= 11 is 0. The zero-order chi connectivity index (χ0) is 36.4. The molecule has 2 bridgehead atoms. The Balaban J connectivity index is 0.914. The van der Waals surface area contributed by atoms with Gasteiger partial charge in [0.15, 0.2) is 11.5 Å². The Morgan fingerprint density at radius 2 is 1.67 bits per heavy atom. The third kappa shape index (κ3) is 9.40. The number of nitrogens with zero attached hydrogens (tertiary/aromatic N) is 1. The molecule has 0 aromatic heterocycles. The number of aliphatic hydroxyl groups is 3. The molecular weight excluding hydrogens is 660 g/mol. The molecule has 0 amide bonds. The Kier molecular flexibility index (Phi) is 13.3. The van der Waals surface area contributed by atoms with Crippen molar-refractivity contribution in [3.63, 3.8) is 0 Å². The van der Waals surface area contributed by atoms with Crippen LogP contribution in [0.1, 0.15) is 74.2 Å². The van der Waals surface area contributed by atoms with Gasteiger partial charge < -0.3 is 49.2 Å². The van der Waals surface area contributed by atoms with Gasteiger partial charge in [0.1, 0.15) is 29.7 Å². The third-order valence-corrected chi connectivity index (χ3v) is 11.8. The number of methoxy groups -OCH3 is 1. The van der Waals surface area contributed by atoms with Gasteiger partial charge in [-0.05, 0) is 67.1 Å². The lowest BCUT2D eigenvalue weighted by molar-refractivity contribution is -0.946. The summed E-state index contributed by atoms with van der Waals surface area (Å²) in [6.45, 7) is 6.64. The number of nitrogens with one attached hydrogen (secondary N) is 1. The van der Waals surface area contributed by atoms with Crippen molar-refractivity contribution in [2.45, 2.75) is 75.8 Å². The zero-order valence-corrected chi connectivity index (χ0v) is 30.8. The van der Waals surface area contributed by atoms with E-state index < -0.39 is 11.7 Å². The average molecular weight is 720 g/mol. The molecule has 0 radical (unpaired) electrons. The van der Waals surface area contributed by atoms with E-state index in [0.29, 0.717) is 61.5 Å². The summed E-state index contributed by atoms with van der Waals surface area (Å²) in [6.07, 6.45) is 7.97. The predicted molar refractivity (Wildman–Crippen MR) is 200 cm³/mol. The Morgan fingerprint density at radius 1 is 0.904 bits per heavy atom. The van der Waals surface area contributed by atoms with Crippen LogP contribution in [0.3, 0.4) is 0 Å². The number of phenols is 1. The van der Waals surface area contributed by atoms with Crippen molar-refractivity contribution in [3.05, 3.63) is 83.4 Å². The smallest absolute Gasteiger partial charge is 0.164 e. The minimum atomic E-state index is -0.922. The van der Waals surface area contributed by atoms with Gasteiger partial charge in [0, 0.05) is 43.4 Å². The van der Waals surface area contributed by atoms with Gasteiger partial charge in [-0.1, -0.05) is 49.2 Å². The summed E-state index contributed by atoms with van der Waals surface area (Å²) < 4.78 is 25.6. The van der Waals surface area contributed by atoms with Crippen molar-refractivity contribution in [1.82, 2.24) is 5.32 Å². The molecule has 1 unspecified atom stereocenters. The van der Waals surface area contributed by atoms with Crippen molar-refractivity contribution in [2.24, 2.45) is 11.8 Å². The largest absolute Gasteiger partial charge is 0.508 e. The van der Waals surface area contributed by atoms with E-state index >= 15 is 0 Å². The van der Waals surface area contributed by atoms with Gasteiger partial charge >= 0.3 is 0 Å². The van der Waals surface area contributed by atoms with E-state index in [1.807, 2.05) is 36.4 Å². The first-order valence-corrected chi connectivity index (χ1v) is 19.3. The van der Waals surface area contributed by atoms with E-state index in [4.69, 9.17) is 18.9 Å². The van der Waals surface area contributed by atoms with Crippen LogP contribution in [-0.4, -0.2) is 97.2 Å². The molecule has 1 aliphatic carbocycles. The number of aromatic hydroxyl groups is 1. The monoisotopic (exact) mass is 719 g/mol. The standard InChI is InChI=1S/C42H58N2O8/c1-49-40-26-36(14-16-39(40)51-23-7-19-43-27-38(47)32-13-15-37(46)33(25-32)29-45)50-24-8-20-44-21-17-31(18-22-44)41(28-44)52-30-42(48,35-11-5-6-12-35)34-9-3-2-4-10-34/h2-4,9-10,13-16,25-26,31,35,38,41,43,45,47-48H,5-8,11-12,17-24,27-30H2,1H3/p+1/t31?,38-,41-,42?,44?/m0/s1. The molecule has 3 aliphatic heterocycles. The van der Waals surface area contributed by atoms with E-state index in [0.717, 1.165) is 54.6 Å². The van der Waals surface area contributed by atoms with E-state index in [2.05, 4.69) is 17.4 Å². The van der Waals surface area contributed by atoms with Crippen LogP contribution in [0.25, 0.3) is 0 Å². The minimum Gasteiger partial charge on any atom is -0.508 e. The highest BCUT2D eigenvalue weighted by Gasteiger charge is 2.48. The van der Waals surface area contributed by atoms with Gasteiger partial charge in [0.25, 0.3) is 0 Å². The van der Waals surface area contributed by atoms with Crippen LogP contribution in [0.4, 0.5) is 0 Å². The highest BCUT2D eigenvalue weighted by Crippen LogP contribution is 2.43. The first kappa shape index (κ1) is 38.3. The lowest BCUT2D eigenvalue weighted by Gasteiger charge is -2.53. The molecule has 3 saturated heterocycles. The second-order valence-corrected chi connectivity index (χ2v) is 15.1. The molecule has 1 saturated carbocycles. The fourth-order valence-corrected chi connectivity index (χ4v) is 8.65. The number of fused-ring (bicyclic) bond motifs is 3. The van der Waals surface area contributed by atoms with E-state index in [9.17, 15) is 20.4 Å². The SMILES string of the molecule is COc1cc(OCCC[N+]23CCC(CC2)[C@@H](OCC(O)(c2ccccc2)C2CCCC2)C3)ccc1OCCCNC[C@H](O)c1ccc(O)c(CO)c1. The Bertz CT molecular complexity index is 1540. The highest BCUT2D eigenvalue weighted by molar-refractivity contribution is 5.45. The molecule has 3 heterocycles. The number of hydrogen-bond acceptors (Lipinski definition) is 9. The fraction of sp³-hybridized carbons (Fsp3) is 0.571. The zero-order valence-electron chi connectivity index (χ0n) is 30.8. The van der Waals surface area contributed by atoms with Gasteiger partial charge in [0.2, 0.25) is 0 Å². The lowest BCUT2D eigenvalue weighted by atomic mass is 9.80. The van der Waals surface area contributed by atoms with Crippen LogP contribution in [0, 0.1) is 11.8 Å². The first-order chi connectivity index (χ1) is 25.3. The predicted octanol–water partition coefficient (Wildman–Crippen LogP) is 5.46. The van der Waals surface area contributed by atoms with Crippen molar-refractivity contribution in [2.75, 3.05) is 66.2 Å². The van der Waals surface area contributed by atoms with Crippen LogP contribution in [-0.2, 0) is 16.9 Å². The summed E-state index contributed by atoms with van der Waals surface area (Å²) in [5.74, 6) is 2.89. The lowest BCUT2D eigenvalue weighted by Crippen LogP contribution is -2.65. The summed E-state index contributed by atoms with van der Waals surface area (Å²) in [5, 5.41) is 44.8. The summed E-state index contributed by atoms with van der Waals surface area (Å²) in [5.41, 5.74) is 1.10. The maximum Gasteiger partial charge on any atom is 0.164 e. The van der Waals surface area contributed by atoms with Gasteiger partial charge in [0.05, 0.1) is 59.3 Å². The molecule has 4 aliphatic rings. The molecule has 4 fully saturated rings. The number of aliphatic hydroxyl groups excluding tert-OH is 2. The molecule has 3 aromatic rings. The second-order valence-electron chi connectivity index (χ2n) is 15.1. The Morgan fingerprint density at radius 3 is 2.42 bits per heavy atom. The number of rotatable bonds is 20. The van der Waals surface area contributed by atoms with E-state index in [-0.39, 0.29) is 24.4 Å². The minimum absolute atomic E-state index is 0.0174. The number of ether oxygens (including phenoxy) is 4. The van der Waals surface area contributed by atoms with Crippen LogP contribution in [0.15, 0.2) is 66.7 Å². The fourth-order valence-electron chi connectivity index (χ4n) is 8.65. The molecule has 7 rings (SSSR count). The van der Waals surface area contributed by atoms with Crippen LogP contribution < -0.4 is 19.5 Å².